The first-order chi connectivity index (χ1) is 14.6. The van der Waals surface area contributed by atoms with Crippen molar-refractivity contribution in [3.8, 4) is 0 Å². The Morgan fingerprint density at radius 3 is 2.77 bits per heavy atom. The molecule has 0 aromatic heterocycles. The van der Waals surface area contributed by atoms with Gasteiger partial charge in [0.2, 0.25) is 10.8 Å². The molecular formula is C22H21N3O4S. The van der Waals surface area contributed by atoms with Crippen molar-refractivity contribution in [1.82, 2.24) is 5.32 Å². The number of carbonyl (C=O) groups is 3. The van der Waals surface area contributed by atoms with Crippen molar-refractivity contribution >= 4 is 40.9 Å². The number of nitrogens with zero attached hydrogens (tertiary/aromatic N) is 1. The van der Waals surface area contributed by atoms with Crippen LogP contribution < -0.4 is 15.5 Å². The summed E-state index contributed by atoms with van der Waals surface area (Å²) in [6.07, 6.45) is 2.06. The standard InChI is InChI=1S/C22H21N3O4S/c26-19-13-30-22(17-5-1-2-6-18(17)24-21(22)28)25(19)15-9-7-14(8-10-15)20(27)23-12-16-4-3-11-29-16/h1-2,5-10,16H,3-4,11-13H2,(H,23,27)(H,24,28)/t16-,22+/m1/s1. The molecule has 1 spiro atoms. The summed E-state index contributed by atoms with van der Waals surface area (Å²) >= 11 is 1.32. The van der Waals surface area contributed by atoms with Gasteiger partial charge in [0.25, 0.3) is 11.8 Å². The van der Waals surface area contributed by atoms with E-state index in [1.54, 1.807) is 29.2 Å². The van der Waals surface area contributed by atoms with Crippen LogP contribution in [-0.2, 0) is 19.2 Å². The molecular weight excluding hydrogens is 402 g/mol. The van der Waals surface area contributed by atoms with Crippen molar-refractivity contribution in [3.05, 3.63) is 59.7 Å². The maximum atomic E-state index is 13.0. The summed E-state index contributed by atoms with van der Waals surface area (Å²) in [5, 5.41) is 5.79. The lowest BCUT2D eigenvalue weighted by Gasteiger charge is -2.32. The Labute approximate surface area is 178 Å². The summed E-state index contributed by atoms with van der Waals surface area (Å²) in [6, 6.07) is 14.2. The van der Waals surface area contributed by atoms with E-state index in [2.05, 4.69) is 10.6 Å². The summed E-state index contributed by atoms with van der Waals surface area (Å²) in [4.78, 5) is 38.6. The quantitative estimate of drug-likeness (QED) is 0.789. The summed E-state index contributed by atoms with van der Waals surface area (Å²) < 4.78 is 5.53. The van der Waals surface area contributed by atoms with Crippen LogP contribution in [-0.4, -0.2) is 42.7 Å². The molecule has 2 aromatic rings. The van der Waals surface area contributed by atoms with Gasteiger partial charge in [-0.3, -0.25) is 19.3 Å². The summed E-state index contributed by atoms with van der Waals surface area (Å²) in [7, 11) is 0. The van der Waals surface area contributed by atoms with Crippen LogP contribution in [0, 0.1) is 0 Å². The van der Waals surface area contributed by atoms with Crippen LogP contribution in [0.25, 0.3) is 0 Å². The number of para-hydroxylation sites is 1. The molecule has 0 aliphatic carbocycles. The lowest BCUT2D eigenvalue weighted by Crippen LogP contribution is -2.47. The van der Waals surface area contributed by atoms with Crippen molar-refractivity contribution in [1.29, 1.82) is 0 Å². The summed E-state index contributed by atoms with van der Waals surface area (Å²) in [5.41, 5.74) is 2.60. The first-order valence-corrected chi connectivity index (χ1v) is 11.0. The molecule has 2 atom stereocenters. The number of nitrogens with one attached hydrogen (secondary N) is 2. The van der Waals surface area contributed by atoms with E-state index in [0.717, 1.165) is 30.7 Å². The third-order valence-electron chi connectivity index (χ3n) is 5.72. The van der Waals surface area contributed by atoms with E-state index in [1.807, 2.05) is 24.3 Å². The number of amides is 3. The maximum absolute atomic E-state index is 13.0. The highest BCUT2D eigenvalue weighted by atomic mass is 32.2. The van der Waals surface area contributed by atoms with Crippen LogP contribution >= 0.6 is 11.8 Å². The van der Waals surface area contributed by atoms with Crippen LogP contribution in [0.4, 0.5) is 11.4 Å². The highest BCUT2D eigenvalue weighted by Crippen LogP contribution is 2.53. The molecule has 0 radical (unpaired) electrons. The summed E-state index contributed by atoms with van der Waals surface area (Å²) in [6.45, 7) is 1.23. The molecule has 7 nitrogen and oxygen atoms in total. The van der Waals surface area contributed by atoms with Gasteiger partial charge in [-0.15, -0.1) is 11.8 Å². The minimum absolute atomic E-state index is 0.0771. The zero-order valence-electron chi connectivity index (χ0n) is 16.2. The van der Waals surface area contributed by atoms with Gasteiger partial charge in [-0.2, -0.15) is 0 Å². The Kier molecular flexibility index (Phi) is 4.75. The number of thioether (sulfide) groups is 1. The van der Waals surface area contributed by atoms with Gasteiger partial charge in [-0.05, 0) is 43.2 Å². The molecule has 3 aliphatic rings. The fourth-order valence-corrected chi connectivity index (χ4v) is 5.57. The van der Waals surface area contributed by atoms with E-state index < -0.39 is 4.87 Å². The third-order valence-corrected chi connectivity index (χ3v) is 7.12. The zero-order valence-corrected chi connectivity index (χ0v) is 17.0. The molecule has 3 heterocycles. The average molecular weight is 423 g/mol. The van der Waals surface area contributed by atoms with Crippen molar-refractivity contribution in [2.75, 3.05) is 29.1 Å². The largest absolute Gasteiger partial charge is 0.376 e. The Morgan fingerprint density at radius 2 is 2.00 bits per heavy atom. The van der Waals surface area contributed by atoms with Crippen molar-refractivity contribution < 1.29 is 19.1 Å². The smallest absolute Gasteiger partial charge is 0.266 e. The van der Waals surface area contributed by atoms with Crippen molar-refractivity contribution in [2.45, 2.75) is 23.8 Å². The van der Waals surface area contributed by atoms with Gasteiger partial charge in [0.05, 0.1) is 11.9 Å². The number of anilines is 2. The van der Waals surface area contributed by atoms with Crippen LogP contribution in [0.5, 0.6) is 0 Å². The normalized spacial score (nSPS) is 24.9. The predicted molar refractivity (Wildman–Crippen MR) is 114 cm³/mol. The minimum atomic E-state index is -1.11. The van der Waals surface area contributed by atoms with E-state index in [0.29, 0.717) is 17.8 Å². The zero-order chi connectivity index (χ0) is 20.7. The van der Waals surface area contributed by atoms with Gasteiger partial charge in [0.1, 0.15) is 0 Å². The first-order valence-electron chi connectivity index (χ1n) is 9.97. The highest BCUT2D eigenvalue weighted by molar-refractivity contribution is 8.02. The second-order valence-corrected chi connectivity index (χ2v) is 8.72. The third kappa shape index (κ3) is 2.98. The second-order valence-electron chi connectivity index (χ2n) is 7.55. The Bertz CT molecular complexity index is 1020. The van der Waals surface area contributed by atoms with E-state index in [1.165, 1.54) is 11.8 Å². The van der Waals surface area contributed by atoms with Crippen LogP contribution in [0.2, 0.25) is 0 Å². The molecule has 2 fully saturated rings. The van der Waals surface area contributed by atoms with E-state index in [9.17, 15) is 14.4 Å². The molecule has 3 aliphatic heterocycles. The molecule has 30 heavy (non-hydrogen) atoms. The molecule has 0 saturated carbocycles. The number of rotatable bonds is 4. The van der Waals surface area contributed by atoms with Gasteiger partial charge in [-0.1, -0.05) is 18.2 Å². The number of ether oxygens (including phenoxy) is 1. The number of carbonyl (C=O) groups excluding carboxylic acids is 3. The van der Waals surface area contributed by atoms with E-state index in [-0.39, 0.29) is 29.6 Å². The Balaban J connectivity index is 1.40. The lowest BCUT2D eigenvalue weighted by atomic mass is 10.0. The molecule has 8 heteroatoms. The SMILES string of the molecule is O=C(NC[C@H]1CCCO1)c1ccc(N2C(=O)CS[C@@]23C(=O)Nc2ccccc23)cc1. The number of hydrogen-bond donors (Lipinski definition) is 2. The molecule has 0 bridgehead atoms. The van der Waals surface area contributed by atoms with Gasteiger partial charge < -0.3 is 15.4 Å². The lowest BCUT2D eigenvalue weighted by molar-refractivity contribution is -0.122. The molecule has 0 unspecified atom stereocenters. The van der Waals surface area contributed by atoms with E-state index in [4.69, 9.17) is 4.74 Å². The molecule has 2 saturated heterocycles. The van der Waals surface area contributed by atoms with Crippen LogP contribution in [0.15, 0.2) is 48.5 Å². The molecule has 2 N–H and O–H groups in total. The highest BCUT2D eigenvalue weighted by Gasteiger charge is 2.58. The second kappa shape index (κ2) is 7.45. The average Bonchev–Trinajstić information content (AvgIpc) is 3.47. The van der Waals surface area contributed by atoms with Gasteiger partial charge in [0.15, 0.2) is 0 Å². The fraction of sp³-hybridized carbons (Fsp3) is 0.318. The first kappa shape index (κ1) is 19.1. The molecule has 154 valence electrons. The van der Waals surface area contributed by atoms with Crippen molar-refractivity contribution in [3.63, 3.8) is 0 Å². The van der Waals surface area contributed by atoms with Crippen molar-refractivity contribution in [2.24, 2.45) is 0 Å². The van der Waals surface area contributed by atoms with Gasteiger partial charge >= 0.3 is 0 Å². The fourth-order valence-electron chi connectivity index (χ4n) is 4.25. The monoisotopic (exact) mass is 423 g/mol. The number of hydrogen-bond acceptors (Lipinski definition) is 5. The summed E-state index contributed by atoms with van der Waals surface area (Å²) in [5.74, 6) is -0.330. The molecule has 5 rings (SSSR count). The Morgan fingerprint density at radius 1 is 1.20 bits per heavy atom. The minimum Gasteiger partial charge on any atom is -0.376 e. The molecule has 3 amide bonds. The Hall–Kier alpha value is -2.84. The van der Waals surface area contributed by atoms with E-state index >= 15 is 0 Å². The van der Waals surface area contributed by atoms with Gasteiger partial charge in [-0.25, -0.2) is 0 Å². The molecule has 2 aromatic carbocycles. The maximum Gasteiger partial charge on any atom is 0.266 e. The van der Waals surface area contributed by atoms with Crippen LogP contribution in [0.3, 0.4) is 0 Å². The number of benzene rings is 2. The number of fused-ring (bicyclic) bond motifs is 2. The topological polar surface area (TPSA) is 87.7 Å². The predicted octanol–water partition coefficient (Wildman–Crippen LogP) is 2.48. The van der Waals surface area contributed by atoms with Gasteiger partial charge in [0, 0.05) is 35.7 Å². The van der Waals surface area contributed by atoms with Crippen LogP contribution in [0.1, 0.15) is 28.8 Å².